The number of aromatic nitrogens is 1. The summed E-state index contributed by atoms with van der Waals surface area (Å²) in [5.74, 6) is 0.0769. The van der Waals surface area contributed by atoms with Crippen LogP contribution in [0.2, 0.25) is 0 Å². The molecule has 4 aromatic rings. The zero-order chi connectivity index (χ0) is 24.2. The van der Waals surface area contributed by atoms with Crippen molar-refractivity contribution in [2.45, 2.75) is 44.3 Å². The van der Waals surface area contributed by atoms with Crippen molar-refractivity contribution >= 4 is 22.7 Å². The average molecular weight is 470 g/mol. The second kappa shape index (κ2) is 10.0. The van der Waals surface area contributed by atoms with E-state index in [1.54, 1.807) is 36.7 Å². The summed E-state index contributed by atoms with van der Waals surface area (Å²) < 4.78 is 5.56. The number of nitrogens with zero attached hydrogens (tertiary/aromatic N) is 2. The van der Waals surface area contributed by atoms with Gasteiger partial charge in [-0.2, -0.15) is 0 Å². The maximum atomic E-state index is 13.8. The van der Waals surface area contributed by atoms with Crippen LogP contribution in [-0.2, 0) is 11.3 Å². The number of rotatable bonds is 7. The summed E-state index contributed by atoms with van der Waals surface area (Å²) in [5, 5.41) is 13.8. The van der Waals surface area contributed by atoms with Crippen LogP contribution in [-0.4, -0.2) is 32.8 Å². The van der Waals surface area contributed by atoms with Crippen LogP contribution in [0, 0.1) is 0 Å². The first-order valence-electron chi connectivity index (χ1n) is 11.9. The lowest BCUT2D eigenvalue weighted by Gasteiger charge is -2.32. The maximum Gasteiger partial charge on any atom is 0.255 e. The minimum Gasteiger partial charge on any atom is -0.508 e. The van der Waals surface area contributed by atoms with Gasteiger partial charge < -0.3 is 19.7 Å². The largest absolute Gasteiger partial charge is 0.508 e. The van der Waals surface area contributed by atoms with Crippen LogP contribution in [0.15, 0.2) is 83.6 Å². The molecule has 2 aromatic carbocycles. The van der Waals surface area contributed by atoms with Gasteiger partial charge in [0.1, 0.15) is 17.6 Å². The number of carbonyl (C=O) groups is 2. The summed E-state index contributed by atoms with van der Waals surface area (Å²) in [6, 6.07) is 18.2. The maximum absolute atomic E-state index is 13.8. The predicted molar refractivity (Wildman–Crippen MR) is 132 cm³/mol. The predicted octanol–water partition coefficient (Wildman–Crippen LogP) is 4.98. The van der Waals surface area contributed by atoms with E-state index in [0.717, 1.165) is 36.6 Å². The number of phenolic OH excluding ortho intramolecular Hbond substituents is 1. The van der Waals surface area contributed by atoms with Gasteiger partial charge in [0, 0.05) is 23.2 Å². The number of phenols is 1. The highest BCUT2D eigenvalue weighted by atomic mass is 16.3. The molecule has 1 atom stereocenters. The summed E-state index contributed by atoms with van der Waals surface area (Å²) in [5.41, 5.74) is 1.88. The molecule has 7 nitrogen and oxygen atoms in total. The Morgan fingerprint density at radius 2 is 1.86 bits per heavy atom. The number of hydrogen-bond acceptors (Lipinski definition) is 5. The number of fused-ring (bicyclic) bond motifs is 1. The van der Waals surface area contributed by atoms with E-state index in [9.17, 15) is 14.7 Å². The molecule has 1 aliphatic carbocycles. The third-order valence-electron chi connectivity index (χ3n) is 6.49. The van der Waals surface area contributed by atoms with E-state index in [0.29, 0.717) is 16.9 Å². The van der Waals surface area contributed by atoms with Crippen LogP contribution in [0.1, 0.15) is 53.4 Å². The lowest BCUT2D eigenvalue weighted by Crippen LogP contribution is -2.45. The molecular weight excluding hydrogens is 442 g/mol. The van der Waals surface area contributed by atoms with Crippen molar-refractivity contribution in [1.29, 1.82) is 0 Å². The molecule has 7 heteroatoms. The van der Waals surface area contributed by atoms with Crippen molar-refractivity contribution in [3.05, 3.63) is 96.1 Å². The third-order valence-corrected chi connectivity index (χ3v) is 6.49. The Kier molecular flexibility index (Phi) is 6.48. The second-order valence-corrected chi connectivity index (χ2v) is 8.91. The summed E-state index contributed by atoms with van der Waals surface area (Å²) in [4.78, 5) is 33.5. The van der Waals surface area contributed by atoms with E-state index in [1.807, 2.05) is 30.3 Å². The Labute approximate surface area is 203 Å². The van der Waals surface area contributed by atoms with Crippen LogP contribution in [0.4, 0.5) is 0 Å². The van der Waals surface area contributed by atoms with Crippen LogP contribution in [0.3, 0.4) is 0 Å². The normalized spacial score (nSPS) is 14.6. The first-order valence-corrected chi connectivity index (χ1v) is 11.9. The molecule has 2 heterocycles. The zero-order valence-electron chi connectivity index (χ0n) is 19.3. The molecular formula is C28H27N3O4. The first-order chi connectivity index (χ1) is 17.1. The first kappa shape index (κ1) is 22.7. The van der Waals surface area contributed by atoms with Crippen LogP contribution >= 0.6 is 0 Å². The molecule has 35 heavy (non-hydrogen) atoms. The highest BCUT2D eigenvalue weighted by molar-refractivity contribution is 5.98. The molecule has 1 aliphatic rings. The van der Waals surface area contributed by atoms with Crippen molar-refractivity contribution in [2.75, 3.05) is 0 Å². The summed E-state index contributed by atoms with van der Waals surface area (Å²) in [6.45, 7) is 0.112. The van der Waals surface area contributed by atoms with Gasteiger partial charge in [-0.05, 0) is 73.0 Å². The third kappa shape index (κ3) is 5.04. The van der Waals surface area contributed by atoms with E-state index < -0.39 is 6.04 Å². The molecule has 1 fully saturated rings. The van der Waals surface area contributed by atoms with Crippen molar-refractivity contribution in [2.24, 2.45) is 0 Å². The van der Waals surface area contributed by atoms with Gasteiger partial charge in [-0.1, -0.05) is 25.0 Å². The molecule has 0 unspecified atom stereocenters. The molecule has 0 bridgehead atoms. The molecule has 0 spiro atoms. The minimum atomic E-state index is -0.883. The molecule has 0 saturated heterocycles. The van der Waals surface area contributed by atoms with Crippen molar-refractivity contribution in [1.82, 2.24) is 15.2 Å². The number of benzene rings is 2. The molecule has 0 radical (unpaired) electrons. The van der Waals surface area contributed by atoms with Crippen molar-refractivity contribution < 1.29 is 19.1 Å². The van der Waals surface area contributed by atoms with E-state index in [2.05, 4.69) is 10.3 Å². The number of pyridine rings is 1. The van der Waals surface area contributed by atoms with Crippen LogP contribution in [0.5, 0.6) is 5.75 Å². The average Bonchev–Trinajstić information content (AvgIpc) is 3.58. The van der Waals surface area contributed by atoms with E-state index in [1.165, 1.54) is 17.0 Å². The molecule has 2 aromatic heterocycles. The molecule has 178 valence electrons. The quantitative estimate of drug-likeness (QED) is 0.398. The standard InChI is InChI=1S/C28H27N3O4/c32-23-12-9-19(10-13-23)28(34)31(18-24-8-4-16-35-24)26(27(33)30-22-6-1-2-7-22)21-11-14-25-20(17-21)5-3-15-29-25/h3-5,8-17,22,26,32H,1-2,6-7,18H2,(H,30,33)/t26-/m1/s1. The van der Waals surface area contributed by atoms with Gasteiger partial charge in [-0.15, -0.1) is 0 Å². The Morgan fingerprint density at radius 1 is 1.06 bits per heavy atom. The highest BCUT2D eigenvalue weighted by Crippen LogP contribution is 2.29. The topological polar surface area (TPSA) is 95.7 Å². The number of nitrogens with one attached hydrogen (secondary N) is 1. The molecule has 1 saturated carbocycles. The zero-order valence-corrected chi connectivity index (χ0v) is 19.3. The Hall–Kier alpha value is -4.13. The van der Waals surface area contributed by atoms with Gasteiger partial charge in [-0.25, -0.2) is 0 Å². The smallest absolute Gasteiger partial charge is 0.255 e. The van der Waals surface area contributed by atoms with Gasteiger partial charge in [-0.3, -0.25) is 14.6 Å². The number of hydrogen-bond donors (Lipinski definition) is 2. The molecule has 2 N–H and O–H groups in total. The van der Waals surface area contributed by atoms with Gasteiger partial charge in [0.2, 0.25) is 5.91 Å². The highest BCUT2D eigenvalue weighted by Gasteiger charge is 2.34. The second-order valence-electron chi connectivity index (χ2n) is 8.91. The fourth-order valence-electron chi connectivity index (χ4n) is 4.71. The summed E-state index contributed by atoms with van der Waals surface area (Å²) in [6.07, 6.45) is 7.31. The lowest BCUT2D eigenvalue weighted by molar-refractivity contribution is -0.126. The van der Waals surface area contributed by atoms with Gasteiger partial charge in [0.15, 0.2) is 0 Å². The van der Waals surface area contributed by atoms with Crippen LogP contribution < -0.4 is 5.32 Å². The monoisotopic (exact) mass is 469 g/mol. The Morgan fingerprint density at radius 3 is 2.60 bits per heavy atom. The Balaban J connectivity index is 1.58. The fraction of sp³-hybridized carbons (Fsp3) is 0.250. The van der Waals surface area contributed by atoms with Crippen molar-refractivity contribution in [3.8, 4) is 5.75 Å². The lowest BCUT2D eigenvalue weighted by atomic mass is 9.99. The van der Waals surface area contributed by atoms with Gasteiger partial charge in [0.25, 0.3) is 5.91 Å². The van der Waals surface area contributed by atoms with E-state index in [4.69, 9.17) is 4.42 Å². The molecule has 2 amide bonds. The fourth-order valence-corrected chi connectivity index (χ4v) is 4.71. The number of carbonyl (C=O) groups excluding carboxylic acids is 2. The Bertz CT molecular complexity index is 1310. The SMILES string of the molecule is O=C(NC1CCCC1)[C@@H](c1ccc2ncccc2c1)N(Cc1ccco1)C(=O)c1ccc(O)cc1. The van der Waals surface area contributed by atoms with Gasteiger partial charge >= 0.3 is 0 Å². The van der Waals surface area contributed by atoms with E-state index in [-0.39, 0.29) is 30.2 Å². The molecule has 5 rings (SSSR count). The van der Waals surface area contributed by atoms with E-state index >= 15 is 0 Å². The van der Waals surface area contributed by atoms with Crippen molar-refractivity contribution in [3.63, 3.8) is 0 Å². The summed E-state index contributed by atoms with van der Waals surface area (Å²) in [7, 11) is 0. The number of aromatic hydroxyl groups is 1. The minimum absolute atomic E-state index is 0.0664. The van der Waals surface area contributed by atoms with Crippen LogP contribution in [0.25, 0.3) is 10.9 Å². The molecule has 0 aliphatic heterocycles. The van der Waals surface area contributed by atoms with Gasteiger partial charge in [0.05, 0.1) is 18.3 Å². The number of amides is 2. The number of furan rings is 1. The summed E-state index contributed by atoms with van der Waals surface area (Å²) >= 11 is 0.